The number of fused-ring (bicyclic) bond motifs is 1. The maximum atomic E-state index is 11.8. The number of methoxy groups -OCH3 is 1. The highest BCUT2D eigenvalue weighted by atomic mass is 79.9. The van der Waals surface area contributed by atoms with E-state index in [0.29, 0.717) is 43.4 Å². The number of benzene rings is 2. The van der Waals surface area contributed by atoms with Crippen molar-refractivity contribution in [3.63, 3.8) is 0 Å². The first-order chi connectivity index (χ1) is 16.6. The second-order valence-corrected chi connectivity index (χ2v) is 10.5. The fraction of sp³-hybridized carbons (Fsp3) is 0.292. The summed E-state index contributed by atoms with van der Waals surface area (Å²) in [5.41, 5.74) is 1.62. The van der Waals surface area contributed by atoms with Crippen LogP contribution >= 0.6 is 37.5 Å². The number of hydrogen-bond donors (Lipinski definition) is 1. The van der Waals surface area contributed by atoms with Gasteiger partial charge in [0.15, 0.2) is 11.5 Å². The lowest BCUT2D eigenvalue weighted by Gasteiger charge is -2.14. The first-order valence-electron chi connectivity index (χ1n) is 10.6. The summed E-state index contributed by atoms with van der Waals surface area (Å²) in [6.07, 6.45) is 4.31. The molecule has 0 saturated carbocycles. The minimum absolute atomic E-state index is 0.197. The van der Waals surface area contributed by atoms with E-state index in [0.717, 1.165) is 32.6 Å². The van der Waals surface area contributed by atoms with Gasteiger partial charge in [0.25, 0.3) is 0 Å². The summed E-state index contributed by atoms with van der Waals surface area (Å²) in [7, 11) is 4.91. The Labute approximate surface area is 215 Å². The van der Waals surface area contributed by atoms with Gasteiger partial charge in [-0.2, -0.15) is 0 Å². The molecule has 0 aliphatic heterocycles. The number of hydrogen-bond acceptors (Lipinski definition) is 9. The van der Waals surface area contributed by atoms with E-state index in [-0.39, 0.29) is 5.97 Å². The van der Waals surface area contributed by atoms with E-state index in [1.165, 1.54) is 6.33 Å². The molecule has 3 aromatic rings. The predicted octanol–water partition coefficient (Wildman–Crippen LogP) is 6.41. The topological polar surface area (TPSA) is 82.6 Å². The van der Waals surface area contributed by atoms with E-state index in [1.807, 2.05) is 42.5 Å². The molecular formula is C24H26BrN3O4S2. The van der Waals surface area contributed by atoms with Crippen molar-refractivity contribution in [2.75, 3.05) is 37.1 Å². The molecule has 0 unspecified atom stereocenters. The Morgan fingerprint density at radius 3 is 2.85 bits per heavy atom. The molecule has 0 radical (unpaired) electrons. The van der Waals surface area contributed by atoms with Gasteiger partial charge in [0.1, 0.15) is 12.1 Å². The average molecular weight is 565 g/mol. The van der Waals surface area contributed by atoms with Gasteiger partial charge in [-0.25, -0.2) is 9.97 Å². The minimum atomic E-state index is -0.197. The van der Waals surface area contributed by atoms with Gasteiger partial charge in [0, 0.05) is 39.5 Å². The van der Waals surface area contributed by atoms with Gasteiger partial charge in [0.05, 0.1) is 32.3 Å². The SMILES string of the molecule is C=CCSSCCC(=O)OCCCOc1cc2ncnc(Nc3cccc(Br)c3)c2cc1OC. The van der Waals surface area contributed by atoms with E-state index in [9.17, 15) is 4.79 Å². The number of carbonyl (C=O) groups is 1. The van der Waals surface area contributed by atoms with Crippen LogP contribution in [-0.4, -0.2) is 47.8 Å². The average Bonchev–Trinajstić information content (AvgIpc) is 2.83. The van der Waals surface area contributed by atoms with E-state index < -0.39 is 0 Å². The molecule has 0 aliphatic rings. The van der Waals surface area contributed by atoms with Gasteiger partial charge in [-0.15, -0.1) is 6.58 Å². The lowest BCUT2D eigenvalue weighted by Crippen LogP contribution is -2.09. The third-order valence-corrected chi connectivity index (χ3v) is 7.29. The van der Waals surface area contributed by atoms with Crippen LogP contribution in [0.3, 0.4) is 0 Å². The standard InChI is InChI=1S/C24H26BrN3O4S2/c1-3-11-33-34-12-8-23(29)32-10-5-9-31-22-15-20-19(14-21(22)30-2)24(27-16-26-20)28-18-7-4-6-17(25)13-18/h3-4,6-7,13-16H,1,5,8-12H2,2H3,(H,26,27,28). The Kier molecular flexibility index (Phi) is 10.8. The zero-order chi connectivity index (χ0) is 24.2. The first-order valence-corrected chi connectivity index (χ1v) is 13.9. The third-order valence-electron chi connectivity index (χ3n) is 4.48. The number of carbonyl (C=O) groups excluding carboxylic acids is 1. The minimum Gasteiger partial charge on any atom is -0.493 e. The molecule has 180 valence electrons. The number of esters is 1. The lowest BCUT2D eigenvalue weighted by molar-refractivity contribution is -0.143. The maximum absolute atomic E-state index is 11.8. The molecular weight excluding hydrogens is 538 g/mol. The van der Waals surface area contributed by atoms with Crippen molar-refractivity contribution in [3.05, 3.63) is 59.9 Å². The number of ether oxygens (including phenoxy) is 3. The van der Waals surface area contributed by atoms with Crippen LogP contribution in [0.25, 0.3) is 10.9 Å². The molecule has 1 aromatic heterocycles. The molecule has 34 heavy (non-hydrogen) atoms. The highest BCUT2D eigenvalue weighted by Crippen LogP contribution is 2.35. The molecule has 1 N–H and O–H groups in total. The summed E-state index contributed by atoms with van der Waals surface area (Å²) in [6.45, 7) is 4.35. The van der Waals surface area contributed by atoms with Crippen LogP contribution in [-0.2, 0) is 9.53 Å². The Hall–Kier alpha value is -2.43. The van der Waals surface area contributed by atoms with Crippen molar-refractivity contribution in [2.24, 2.45) is 0 Å². The predicted molar refractivity (Wildman–Crippen MR) is 144 cm³/mol. The summed E-state index contributed by atoms with van der Waals surface area (Å²) in [5.74, 6) is 3.21. The number of nitrogens with one attached hydrogen (secondary N) is 1. The largest absolute Gasteiger partial charge is 0.493 e. The van der Waals surface area contributed by atoms with E-state index in [2.05, 4.69) is 37.8 Å². The summed E-state index contributed by atoms with van der Waals surface area (Å²) in [4.78, 5) is 20.6. The van der Waals surface area contributed by atoms with Crippen LogP contribution in [0.1, 0.15) is 12.8 Å². The fourth-order valence-electron chi connectivity index (χ4n) is 2.92. The second-order valence-electron chi connectivity index (χ2n) is 6.95. The third kappa shape index (κ3) is 8.11. The summed E-state index contributed by atoms with van der Waals surface area (Å²) >= 11 is 3.48. The van der Waals surface area contributed by atoms with E-state index in [4.69, 9.17) is 14.2 Å². The summed E-state index contributed by atoms with van der Waals surface area (Å²) in [6, 6.07) is 11.5. The zero-order valence-corrected chi connectivity index (χ0v) is 22.0. The van der Waals surface area contributed by atoms with Crippen LogP contribution in [0.4, 0.5) is 11.5 Å². The van der Waals surface area contributed by atoms with Gasteiger partial charge >= 0.3 is 5.97 Å². The molecule has 0 fully saturated rings. The second kappa shape index (κ2) is 14.1. The molecule has 0 bridgehead atoms. The first kappa shape index (κ1) is 26.2. The maximum Gasteiger partial charge on any atom is 0.306 e. The van der Waals surface area contributed by atoms with Crippen molar-refractivity contribution in [1.29, 1.82) is 0 Å². The number of rotatable bonds is 14. The summed E-state index contributed by atoms with van der Waals surface area (Å²) < 4.78 is 17.7. The molecule has 0 spiro atoms. The highest BCUT2D eigenvalue weighted by Gasteiger charge is 2.12. The molecule has 2 aromatic carbocycles. The van der Waals surface area contributed by atoms with Crippen LogP contribution in [0, 0.1) is 0 Å². The molecule has 10 heteroatoms. The number of anilines is 2. The van der Waals surface area contributed by atoms with Gasteiger partial charge in [-0.3, -0.25) is 4.79 Å². The van der Waals surface area contributed by atoms with Crippen LogP contribution < -0.4 is 14.8 Å². The quantitative estimate of drug-likeness (QED) is 0.103. The van der Waals surface area contributed by atoms with Crippen molar-refractivity contribution in [3.8, 4) is 11.5 Å². The van der Waals surface area contributed by atoms with Crippen molar-refractivity contribution in [1.82, 2.24) is 9.97 Å². The Morgan fingerprint density at radius 2 is 2.06 bits per heavy atom. The lowest BCUT2D eigenvalue weighted by atomic mass is 10.2. The molecule has 7 nitrogen and oxygen atoms in total. The van der Waals surface area contributed by atoms with Crippen LogP contribution in [0.5, 0.6) is 11.5 Å². The highest BCUT2D eigenvalue weighted by molar-refractivity contribution is 9.10. The van der Waals surface area contributed by atoms with Crippen molar-refractivity contribution in [2.45, 2.75) is 12.8 Å². The molecule has 1 heterocycles. The molecule has 0 aliphatic carbocycles. The Morgan fingerprint density at radius 1 is 1.18 bits per heavy atom. The van der Waals surface area contributed by atoms with Gasteiger partial charge < -0.3 is 19.5 Å². The van der Waals surface area contributed by atoms with Crippen molar-refractivity contribution >= 4 is 65.9 Å². The summed E-state index contributed by atoms with van der Waals surface area (Å²) in [5, 5.41) is 4.13. The van der Waals surface area contributed by atoms with Gasteiger partial charge in [0.2, 0.25) is 0 Å². The molecule has 0 amide bonds. The monoisotopic (exact) mass is 563 g/mol. The van der Waals surface area contributed by atoms with E-state index >= 15 is 0 Å². The van der Waals surface area contributed by atoms with E-state index in [1.54, 1.807) is 28.7 Å². The Bertz CT molecular complexity index is 1120. The number of aromatic nitrogens is 2. The van der Waals surface area contributed by atoms with Crippen LogP contribution in [0.2, 0.25) is 0 Å². The fourth-order valence-corrected chi connectivity index (χ4v) is 5.06. The number of nitrogens with zero attached hydrogens (tertiary/aromatic N) is 2. The van der Waals surface area contributed by atoms with Gasteiger partial charge in [-0.1, -0.05) is 49.7 Å². The Balaban J connectivity index is 1.54. The van der Waals surface area contributed by atoms with Crippen LogP contribution in [0.15, 0.2) is 59.9 Å². The normalized spacial score (nSPS) is 10.6. The smallest absolute Gasteiger partial charge is 0.306 e. The molecule has 0 atom stereocenters. The van der Waals surface area contributed by atoms with Gasteiger partial charge in [-0.05, 0) is 24.3 Å². The number of halogens is 1. The molecule has 0 saturated heterocycles. The zero-order valence-electron chi connectivity index (χ0n) is 18.8. The molecule has 3 rings (SSSR count). The van der Waals surface area contributed by atoms with Crippen molar-refractivity contribution < 1.29 is 19.0 Å².